The van der Waals surface area contributed by atoms with Crippen molar-refractivity contribution in [1.29, 1.82) is 0 Å². The fraction of sp³-hybridized carbons (Fsp3) is 0.194. The second-order valence-corrected chi connectivity index (χ2v) is 12.6. The SMILES string of the molecule is CS(=O)(=O)N(CCF)c1cc2oc3c4ccc(F)cc4[nH]c(=O)c3c2cc1-c1cccc(C(=O)N2CCc3nc[nH]c3C2)c1. The van der Waals surface area contributed by atoms with Gasteiger partial charge in [-0.1, -0.05) is 12.1 Å². The molecule has 1 aliphatic rings. The molecule has 10 nitrogen and oxygen atoms in total. The summed E-state index contributed by atoms with van der Waals surface area (Å²) in [6, 6.07) is 13.7. The number of aromatic amines is 2. The Labute approximate surface area is 249 Å². The lowest BCUT2D eigenvalue weighted by Crippen LogP contribution is -2.36. The third-order valence-electron chi connectivity index (χ3n) is 7.95. The van der Waals surface area contributed by atoms with Gasteiger partial charge in [0, 0.05) is 40.9 Å². The van der Waals surface area contributed by atoms with Crippen molar-refractivity contribution in [3.8, 4) is 11.1 Å². The molecule has 224 valence electrons. The van der Waals surface area contributed by atoms with Crippen molar-refractivity contribution >= 4 is 54.5 Å². The maximum Gasteiger partial charge on any atom is 0.260 e. The largest absolute Gasteiger partial charge is 0.455 e. The molecular formula is C31H25F2N5O5S. The van der Waals surface area contributed by atoms with Crippen LogP contribution in [0.15, 0.2) is 70.1 Å². The lowest BCUT2D eigenvalue weighted by Gasteiger charge is -2.27. The molecule has 0 fully saturated rings. The number of furan rings is 1. The van der Waals surface area contributed by atoms with Crippen LogP contribution >= 0.6 is 0 Å². The molecular weight excluding hydrogens is 592 g/mol. The van der Waals surface area contributed by atoms with E-state index in [2.05, 4.69) is 15.0 Å². The smallest absolute Gasteiger partial charge is 0.260 e. The van der Waals surface area contributed by atoms with Gasteiger partial charge in [-0.05, 0) is 42.0 Å². The first-order valence-corrected chi connectivity index (χ1v) is 15.6. The Hall–Kier alpha value is -5.04. The van der Waals surface area contributed by atoms with Crippen LogP contribution in [0.5, 0.6) is 0 Å². The number of carbonyl (C=O) groups is 1. The van der Waals surface area contributed by atoms with Gasteiger partial charge in [0.1, 0.15) is 23.7 Å². The number of hydrogen-bond donors (Lipinski definition) is 2. The Morgan fingerprint density at radius 3 is 2.77 bits per heavy atom. The number of amides is 1. The minimum Gasteiger partial charge on any atom is -0.455 e. The lowest BCUT2D eigenvalue weighted by atomic mass is 9.98. The number of anilines is 1. The Balaban J connectivity index is 1.43. The maximum absolute atomic E-state index is 13.9. The topological polar surface area (TPSA) is 132 Å². The van der Waals surface area contributed by atoms with Crippen molar-refractivity contribution in [2.45, 2.75) is 13.0 Å². The van der Waals surface area contributed by atoms with Crippen LogP contribution in [0.1, 0.15) is 21.7 Å². The summed E-state index contributed by atoms with van der Waals surface area (Å²) in [7, 11) is -3.97. The number of carbonyl (C=O) groups excluding carboxylic acids is 1. The highest BCUT2D eigenvalue weighted by molar-refractivity contribution is 7.92. The molecule has 2 N–H and O–H groups in total. The first-order chi connectivity index (χ1) is 21.1. The van der Waals surface area contributed by atoms with Crippen LogP contribution in [0.2, 0.25) is 0 Å². The van der Waals surface area contributed by atoms with Crippen LogP contribution in [0.3, 0.4) is 0 Å². The normalized spacial score (nSPS) is 13.6. The number of nitrogens with zero attached hydrogens (tertiary/aromatic N) is 3. The first-order valence-electron chi connectivity index (χ1n) is 13.8. The standard InChI is InChI=1S/C31H25F2N5O5S/c1-44(41,42)38(10-8-32)26-14-27-22(28-29(43-27)20-6-5-19(33)12-24(20)36-30(28)39)13-21(26)17-3-2-4-18(11-17)31(40)37-9-7-23-25(15-37)35-16-34-23/h2-6,11-14,16H,7-10,15H2,1H3,(H,34,35)(H,36,39). The number of imidazole rings is 1. The van der Waals surface area contributed by atoms with E-state index < -0.39 is 34.6 Å². The molecule has 0 aliphatic carbocycles. The van der Waals surface area contributed by atoms with Gasteiger partial charge in [0.15, 0.2) is 0 Å². The predicted molar refractivity (Wildman–Crippen MR) is 162 cm³/mol. The predicted octanol–water partition coefficient (Wildman–Crippen LogP) is 4.89. The summed E-state index contributed by atoms with van der Waals surface area (Å²) < 4.78 is 60.5. The van der Waals surface area contributed by atoms with Crippen molar-refractivity contribution in [3.63, 3.8) is 0 Å². The molecule has 0 radical (unpaired) electrons. The van der Waals surface area contributed by atoms with Crippen LogP contribution in [0.4, 0.5) is 14.5 Å². The number of fused-ring (bicyclic) bond motifs is 6. The quantitative estimate of drug-likeness (QED) is 0.274. The minimum absolute atomic E-state index is 0.119. The van der Waals surface area contributed by atoms with Crippen LogP contribution in [0, 0.1) is 5.82 Å². The molecule has 0 bridgehead atoms. The molecule has 7 rings (SSSR count). The average molecular weight is 618 g/mol. The number of aromatic nitrogens is 3. The van der Waals surface area contributed by atoms with Crippen molar-refractivity contribution in [2.24, 2.45) is 0 Å². The zero-order valence-corrected chi connectivity index (χ0v) is 24.2. The van der Waals surface area contributed by atoms with Gasteiger partial charge < -0.3 is 19.3 Å². The van der Waals surface area contributed by atoms with Crippen molar-refractivity contribution in [1.82, 2.24) is 19.9 Å². The second-order valence-electron chi connectivity index (χ2n) is 10.7. The highest BCUT2D eigenvalue weighted by atomic mass is 32.2. The summed E-state index contributed by atoms with van der Waals surface area (Å²) in [5.74, 6) is -0.755. The van der Waals surface area contributed by atoms with Gasteiger partial charge >= 0.3 is 0 Å². The van der Waals surface area contributed by atoms with Gasteiger partial charge in [0.2, 0.25) is 10.0 Å². The number of H-pyrrole nitrogens is 2. The molecule has 0 saturated heterocycles. The number of pyridine rings is 1. The summed E-state index contributed by atoms with van der Waals surface area (Å²) in [5.41, 5.74) is 3.22. The zero-order chi connectivity index (χ0) is 30.7. The number of benzene rings is 3. The fourth-order valence-electron chi connectivity index (χ4n) is 5.92. The van der Waals surface area contributed by atoms with E-state index in [4.69, 9.17) is 4.42 Å². The summed E-state index contributed by atoms with van der Waals surface area (Å²) in [6.45, 7) is -0.559. The van der Waals surface area contributed by atoms with E-state index in [1.165, 1.54) is 24.3 Å². The molecule has 1 aliphatic heterocycles. The molecule has 3 aromatic carbocycles. The molecule has 13 heteroatoms. The monoisotopic (exact) mass is 617 g/mol. The molecule has 4 heterocycles. The molecule has 6 aromatic rings. The van der Waals surface area contributed by atoms with Crippen LogP contribution in [-0.2, 0) is 23.0 Å². The number of sulfonamides is 1. The first kappa shape index (κ1) is 27.8. The van der Waals surface area contributed by atoms with Gasteiger partial charge in [-0.15, -0.1) is 0 Å². The van der Waals surface area contributed by atoms with Crippen LogP contribution in [0.25, 0.3) is 44.0 Å². The van der Waals surface area contributed by atoms with Gasteiger partial charge in [0.25, 0.3) is 11.5 Å². The number of nitrogens with one attached hydrogen (secondary N) is 2. The van der Waals surface area contributed by atoms with E-state index >= 15 is 0 Å². The summed E-state index contributed by atoms with van der Waals surface area (Å²) in [6.07, 6.45) is 3.19. The molecule has 44 heavy (non-hydrogen) atoms. The van der Waals surface area contributed by atoms with Gasteiger partial charge in [0.05, 0.1) is 53.7 Å². The van der Waals surface area contributed by atoms with Gasteiger partial charge in [-0.25, -0.2) is 22.2 Å². The van der Waals surface area contributed by atoms with Crippen molar-refractivity contribution < 1.29 is 26.4 Å². The number of halogens is 2. The van der Waals surface area contributed by atoms with Crippen LogP contribution in [-0.4, -0.2) is 60.2 Å². The Bertz CT molecular complexity index is 2290. The number of rotatable bonds is 6. The van der Waals surface area contributed by atoms with E-state index in [-0.39, 0.29) is 33.7 Å². The van der Waals surface area contributed by atoms with E-state index in [9.17, 15) is 26.8 Å². The van der Waals surface area contributed by atoms with E-state index in [1.54, 1.807) is 41.6 Å². The second kappa shape index (κ2) is 10.3. The molecule has 0 atom stereocenters. The molecule has 0 saturated carbocycles. The van der Waals surface area contributed by atoms with E-state index in [0.29, 0.717) is 47.0 Å². The highest BCUT2D eigenvalue weighted by Crippen LogP contribution is 2.40. The highest BCUT2D eigenvalue weighted by Gasteiger charge is 2.27. The van der Waals surface area contributed by atoms with Gasteiger partial charge in [-0.3, -0.25) is 13.9 Å². The Kier molecular flexibility index (Phi) is 6.50. The van der Waals surface area contributed by atoms with E-state index in [0.717, 1.165) is 21.9 Å². The third kappa shape index (κ3) is 4.60. The zero-order valence-electron chi connectivity index (χ0n) is 23.4. The van der Waals surface area contributed by atoms with Gasteiger partial charge in [-0.2, -0.15) is 0 Å². The summed E-state index contributed by atoms with van der Waals surface area (Å²) in [4.78, 5) is 38.6. The van der Waals surface area contributed by atoms with Crippen molar-refractivity contribution in [2.75, 3.05) is 30.3 Å². The van der Waals surface area contributed by atoms with E-state index in [1.807, 2.05) is 0 Å². The summed E-state index contributed by atoms with van der Waals surface area (Å²) >= 11 is 0. The van der Waals surface area contributed by atoms with Crippen molar-refractivity contribution in [3.05, 3.63) is 94.0 Å². The maximum atomic E-state index is 13.9. The number of hydrogen-bond acceptors (Lipinski definition) is 6. The third-order valence-corrected chi connectivity index (χ3v) is 9.13. The summed E-state index contributed by atoms with van der Waals surface area (Å²) in [5, 5.41) is 1.03. The average Bonchev–Trinajstić information content (AvgIpc) is 3.62. The molecule has 0 spiro atoms. The molecule has 3 aromatic heterocycles. The Morgan fingerprint density at radius 1 is 1.14 bits per heavy atom. The number of alkyl halides is 1. The molecule has 0 unspecified atom stereocenters. The molecule has 1 amide bonds. The Morgan fingerprint density at radius 2 is 1.98 bits per heavy atom. The van der Waals surface area contributed by atoms with Crippen LogP contribution < -0.4 is 9.86 Å². The lowest BCUT2D eigenvalue weighted by molar-refractivity contribution is 0.0732. The fourth-order valence-corrected chi connectivity index (χ4v) is 6.83. The minimum atomic E-state index is -3.97.